The summed E-state index contributed by atoms with van der Waals surface area (Å²) in [6, 6.07) is 8.99. The number of methoxy groups -OCH3 is 1. The third-order valence-corrected chi connectivity index (χ3v) is 4.44. The van der Waals surface area contributed by atoms with Gasteiger partial charge >= 0.3 is 0 Å². The highest BCUT2D eigenvalue weighted by Gasteiger charge is 2.25. The lowest BCUT2D eigenvalue weighted by atomic mass is 10.0. The number of guanidine groups is 1. The molecule has 1 aliphatic heterocycles. The first-order chi connectivity index (χ1) is 11.7. The van der Waals surface area contributed by atoms with E-state index in [-0.39, 0.29) is 6.04 Å². The van der Waals surface area contributed by atoms with E-state index in [4.69, 9.17) is 4.74 Å². The van der Waals surface area contributed by atoms with Crippen molar-refractivity contribution < 1.29 is 4.74 Å². The van der Waals surface area contributed by atoms with Crippen LogP contribution >= 0.6 is 0 Å². The Labute approximate surface area is 146 Å². The van der Waals surface area contributed by atoms with Crippen molar-refractivity contribution >= 4 is 5.96 Å². The van der Waals surface area contributed by atoms with Crippen LogP contribution in [0.4, 0.5) is 0 Å². The SMILES string of the molecule is CN=C(NCC(c1ccccc1OC)N1CCCCC1)NC(C)C. The highest BCUT2D eigenvalue weighted by molar-refractivity contribution is 5.79. The number of nitrogens with zero attached hydrogens (tertiary/aromatic N) is 2. The number of piperidine rings is 1. The number of likely N-dealkylation sites (tertiary alicyclic amines) is 1. The second kappa shape index (κ2) is 9.52. The molecule has 24 heavy (non-hydrogen) atoms. The molecule has 1 saturated heterocycles. The summed E-state index contributed by atoms with van der Waals surface area (Å²) >= 11 is 0. The lowest BCUT2D eigenvalue weighted by molar-refractivity contribution is 0.161. The van der Waals surface area contributed by atoms with E-state index < -0.39 is 0 Å². The fourth-order valence-corrected chi connectivity index (χ4v) is 3.27. The van der Waals surface area contributed by atoms with Crippen molar-refractivity contribution in [2.75, 3.05) is 33.8 Å². The molecule has 1 unspecified atom stereocenters. The lowest BCUT2D eigenvalue weighted by Crippen LogP contribution is -2.46. The summed E-state index contributed by atoms with van der Waals surface area (Å²) in [6.45, 7) is 7.33. The van der Waals surface area contributed by atoms with Gasteiger partial charge in [0.25, 0.3) is 0 Å². The first-order valence-corrected chi connectivity index (χ1v) is 9.00. The maximum atomic E-state index is 5.61. The molecule has 0 aliphatic carbocycles. The Bertz CT molecular complexity index is 524. The number of benzene rings is 1. The number of para-hydroxylation sites is 1. The number of nitrogens with one attached hydrogen (secondary N) is 2. The molecule has 1 fully saturated rings. The second-order valence-corrected chi connectivity index (χ2v) is 6.61. The highest BCUT2D eigenvalue weighted by Crippen LogP contribution is 2.30. The van der Waals surface area contributed by atoms with Crippen molar-refractivity contribution in [3.63, 3.8) is 0 Å². The Morgan fingerprint density at radius 2 is 1.92 bits per heavy atom. The van der Waals surface area contributed by atoms with Crippen molar-refractivity contribution in [3.8, 4) is 5.75 Å². The molecule has 1 aromatic rings. The van der Waals surface area contributed by atoms with E-state index in [9.17, 15) is 0 Å². The summed E-state index contributed by atoms with van der Waals surface area (Å²) in [5, 5.41) is 6.85. The van der Waals surface area contributed by atoms with Crippen LogP contribution in [0, 0.1) is 0 Å². The predicted octanol–water partition coefficient (Wildman–Crippen LogP) is 2.80. The molecule has 0 saturated carbocycles. The molecule has 0 amide bonds. The van der Waals surface area contributed by atoms with Crippen molar-refractivity contribution in [2.45, 2.75) is 45.2 Å². The molecule has 0 spiro atoms. The monoisotopic (exact) mass is 332 g/mol. The molecule has 5 nitrogen and oxygen atoms in total. The van der Waals surface area contributed by atoms with Gasteiger partial charge in [-0.15, -0.1) is 0 Å². The number of hydrogen-bond acceptors (Lipinski definition) is 3. The van der Waals surface area contributed by atoms with E-state index in [2.05, 4.69) is 46.5 Å². The maximum Gasteiger partial charge on any atom is 0.191 e. The van der Waals surface area contributed by atoms with Crippen molar-refractivity contribution in [2.24, 2.45) is 4.99 Å². The molecule has 1 atom stereocenters. The molecule has 5 heteroatoms. The minimum absolute atomic E-state index is 0.284. The second-order valence-electron chi connectivity index (χ2n) is 6.61. The summed E-state index contributed by atoms with van der Waals surface area (Å²) in [4.78, 5) is 6.89. The Hall–Kier alpha value is -1.75. The van der Waals surface area contributed by atoms with E-state index in [1.807, 2.05) is 19.2 Å². The largest absolute Gasteiger partial charge is 0.496 e. The highest BCUT2D eigenvalue weighted by atomic mass is 16.5. The van der Waals surface area contributed by atoms with Gasteiger partial charge in [0, 0.05) is 25.2 Å². The summed E-state index contributed by atoms with van der Waals surface area (Å²) in [7, 11) is 3.56. The molecular formula is C19H32N4O. The summed E-state index contributed by atoms with van der Waals surface area (Å²) < 4.78 is 5.61. The van der Waals surface area contributed by atoms with E-state index in [0.717, 1.165) is 31.3 Å². The third-order valence-electron chi connectivity index (χ3n) is 4.44. The Balaban J connectivity index is 2.16. The van der Waals surface area contributed by atoms with Crippen molar-refractivity contribution in [1.29, 1.82) is 0 Å². The van der Waals surface area contributed by atoms with Crippen LogP contribution in [0.5, 0.6) is 5.75 Å². The zero-order chi connectivity index (χ0) is 17.4. The van der Waals surface area contributed by atoms with E-state index >= 15 is 0 Å². The van der Waals surface area contributed by atoms with Gasteiger partial charge in [-0.1, -0.05) is 24.6 Å². The molecule has 2 N–H and O–H groups in total. The number of hydrogen-bond donors (Lipinski definition) is 2. The smallest absolute Gasteiger partial charge is 0.191 e. The zero-order valence-electron chi connectivity index (χ0n) is 15.5. The first kappa shape index (κ1) is 18.6. The summed E-state index contributed by atoms with van der Waals surface area (Å²) in [5.41, 5.74) is 1.24. The van der Waals surface area contributed by atoms with Gasteiger partial charge in [-0.3, -0.25) is 9.89 Å². The number of rotatable bonds is 6. The molecule has 1 aliphatic rings. The number of aliphatic imine (C=N–C) groups is 1. The van der Waals surface area contributed by atoms with Gasteiger partial charge in [0.15, 0.2) is 5.96 Å². The normalized spacial score (nSPS) is 17.6. The van der Waals surface area contributed by atoms with Crippen LogP contribution in [-0.2, 0) is 0 Å². The van der Waals surface area contributed by atoms with Gasteiger partial charge in [0.05, 0.1) is 13.2 Å². The standard InChI is InChI=1S/C19H32N4O/c1-15(2)22-19(20-3)21-14-17(23-12-8-5-9-13-23)16-10-6-7-11-18(16)24-4/h6-7,10-11,15,17H,5,8-9,12-14H2,1-4H3,(H2,20,21,22). The van der Waals surface area contributed by atoms with Crippen LogP contribution in [-0.4, -0.2) is 50.7 Å². The van der Waals surface area contributed by atoms with E-state index in [0.29, 0.717) is 6.04 Å². The van der Waals surface area contributed by atoms with E-state index in [1.54, 1.807) is 7.11 Å². The number of ether oxygens (including phenoxy) is 1. The fourth-order valence-electron chi connectivity index (χ4n) is 3.27. The maximum absolute atomic E-state index is 5.61. The third kappa shape index (κ3) is 5.13. The molecule has 0 bridgehead atoms. The van der Waals surface area contributed by atoms with Crippen LogP contribution in [0.3, 0.4) is 0 Å². The van der Waals surface area contributed by atoms with E-state index in [1.165, 1.54) is 24.8 Å². The van der Waals surface area contributed by atoms with Gasteiger partial charge in [-0.25, -0.2) is 0 Å². The fraction of sp³-hybridized carbons (Fsp3) is 0.632. The average Bonchev–Trinajstić information content (AvgIpc) is 2.61. The Morgan fingerprint density at radius 3 is 2.54 bits per heavy atom. The van der Waals surface area contributed by atoms with Gasteiger partial charge in [0.1, 0.15) is 5.75 Å². The summed E-state index contributed by atoms with van der Waals surface area (Å²) in [5.74, 6) is 1.81. The summed E-state index contributed by atoms with van der Waals surface area (Å²) in [6.07, 6.45) is 3.87. The van der Waals surface area contributed by atoms with Crippen molar-refractivity contribution in [3.05, 3.63) is 29.8 Å². The molecule has 0 aromatic heterocycles. The molecular weight excluding hydrogens is 300 g/mol. The molecule has 0 radical (unpaired) electrons. The minimum Gasteiger partial charge on any atom is -0.496 e. The van der Waals surface area contributed by atoms with Crippen LogP contribution in [0.15, 0.2) is 29.3 Å². The average molecular weight is 332 g/mol. The van der Waals surface area contributed by atoms with Gasteiger partial charge in [-0.2, -0.15) is 0 Å². The molecule has 2 rings (SSSR count). The first-order valence-electron chi connectivity index (χ1n) is 9.00. The van der Waals surface area contributed by atoms with Gasteiger partial charge < -0.3 is 15.4 Å². The van der Waals surface area contributed by atoms with Crippen LogP contribution in [0.2, 0.25) is 0 Å². The van der Waals surface area contributed by atoms with Crippen molar-refractivity contribution in [1.82, 2.24) is 15.5 Å². The minimum atomic E-state index is 0.284. The molecule has 1 heterocycles. The topological polar surface area (TPSA) is 48.9 Å². The Morgan fingerprint density at radius 1 is 1.21 bits per heavy atom. The lowest BCUT2D eigenvalue weighted by Gasteiger charge is -2.36. The molecule has 134 valence electrons. The quantitative estimate of drug-likeness (QED) is 0.621. The van der Waals surface area contributed by atoms with Gasteiger partial charge in [0.2, 0.25) is 0 Å². The van der Waals surface area contributed by atoms with Crippen LogP contribution in [0.1, 0.15) is 44.7 Å². The van der Waals surface area contributed by atoms with Crippen LogP contribution in [0.25, 0.3) is 0 Å². The molecule has 1 aromatic carbocycles. The van der Waals surface area contributed by atoms with Crippen LogP contribution < -0.4 is 15.4 Å². The zero-order valence-corrected chi connectivity index (χ0v) is 15.5. The Kier molecular flexibility index (Phi) is 7.37. The predicted molar refractivity (Wildman–Crippen MR) is 101 cm³/mol. The van der Waals surface area contributed by atoms with Gasteiger partial charge in [-0.05, 0) is 45.8 Å².